The van der Waals surface area contributed by atoms with Crippen molar-refractivity contribution in [2.24, 2.45) is 0 Å². The van der Waals surface area contributed by atoms with Crippen LogP contribution < -0.4 is 0 Å². The van der Waals surface area contributed by atoms with E-state index in [2.05, 4.69) is 4.98 Å². The Morgan fingerprint density at radius 3 is 2.44 bits per heavy atom. The Kier molecular flexibility index (Phi) is 3.16. The highest BCUT2D eigenvalue weighted by atomic mass is 19.1. The number of ketones is 1. The van der Waals surface area contributed by atoms with Gasteiger partial charge in [0.15, 0.2) is 10.8 Å². The van der Waals surface area contributed by atoms with Crippen LogP contribution in [-0.2, 0) is 0 Å². The summed E-state index contributed by atoms with van der Waals surface area (Å²) < 4.78 is 12.8. The molecule has 88 valence electrons. The maximum atomic E-state index is 12.8. The van der Waals surface area contributed by atoms with Gasteiger partial charge in [0.2, 0.25) is 5.39 Å². The van der Waals surface area contributed by atoms with Gasteiger partial charge >= 0.3 is 5.69 Å². The van der Waals surface area contributed by atoms with Gasteiger partial charge in [-0.3, -0.25) is 4.79 Å². The van der Waals surface area contributed by atoms with Gasteiger partial charge in [-0.15, -0.1) is 0 Å². The van der Waals surface area contributed by atoms with Crippen LogP contribution in [0.5, 0.6) is 0 Å². The molecular formula is C14H10FN2O+. The minimum absolute atomic E-state index is 0.224. The molecule has 18 heavy (non-hydrogen) atoms. The van der Waals surface area contributed by atoms with Crippen LogP contribution in [0.1, 0.15) is 21.5 Å². The molecule has 0 aromatic heterocycles. The van der Waals surface area contributed by atoms with Crippen molar-refractivity contribution in [3.63, 3.8) is 0 Å². The third kappa shape index (κ3) is 2.11. The van der Waals surface area contributed by atoms with Gasteiger partial charge < -0.3 is 0 Å². The number of carbonyl (C=O) groups excluding carboxylic acids is 1. The first-order valence-corrected chi connectivity index (χ1v) is 5.38. The molecule has 0 heterocycles. The molecule has 0 bridgehead atoms. The largest absolute Gasteiger partial charge is 0.388 e. The van der Waals surface area contributed by atoms with Gasteiger partial charge in [0.1, 0.15) is 5.82 Å². The van der Waals surface area contributed by atoms with E-state index in [4.69, 9.17) is 5.39 Å². The van der Waals surface area contributed by atoms with Crippen molar-refractivity contribution in [2.45, 2.75) is 6.92 Å². The second-order valence-electron chi connectivity index (χ2n) is 3.89. The van der Waals surface area contributed by atoms with Gasteiger partial charge in [0.05, 0.1) is 5.56 Å². The predicted octanol–water partition coefficient (Wildman–Crippen LogP) is 3.85. The van der Waals surface area contributed by atoms with Crippen LogP contribution in [0, 0.1) is 18.1 Å². The van der Waals surface area contributed by atoms with E-state index in [-0.39, 0.29) is 11.6 Å². The van der Waals surface area contributed by atoms with E-state index in [9.17, 15) is 9.18 Å². The predicted molar refractivity (Wildman–Crippen MR) is 65.8 cm³/mol. The Labute approximate surface area is 104 Å². The molecular weight excluding hydrogens is 231 g/mol. The molecule has 0 aliphatic carbocycles. The Bertz CT molecular complexity index is 642. The lowest BCUT2D eigenvalue weighted by Gasteiger charge is -2.02. The lowest BCUT2D eigenvalue weighted by molar-refractivity contribution is 0.103. The summed E-state index contributed by atoms with van der Waals surface area (Å²) in [6.07, 6.45) is 0. The summed E-state index contributed by atoms with van der Waals surface area (Å²) >= 11 is 0. The van der Waals surface area contributed by atoms with Crippen LogP contribution in [0.3, 0.4) is 0 Å². The number of halogens is 1. The van der Waals surface area contributed by atoms with E-state index in [0.29, 0.717) is 22.4 Å². The van der Waals surface area contributed by atoms with Crippen LogP contribution in [0.2, 0.25) is 0 Å². The molecule has 0 N–H and O–H groups in total. The molecule has 4 heteroatoms. The molecule has 0 fully saturated rings. The van der Waals surface area contributed by atoms with Gasteiger partial charge in [-0.2, -0.15) is 0 Å². The van der Waals surface area contributed by atoms with Crippen molar-refractivity contribution < 1.29 is 9.18 Å². The molecule has 0 atom stereocenters. The molecule has 0 saturated heterocycles. The van der Waals surface area contributed by atoms with Crippen LogP contribution in [-0.4, -0.2) is 5.78 Å². The van der Waals surface area contributed by atoms with Gasteiger partial charge in [0, 0.05) is 17.2 Å². The summed E-state index contributed by atoms with van der Waals surface area (Å²) in [5.74, 6) is -0.611. The zero-order valence-electron chi connectivity index (χ0n) is 9.72. The average Bonchev–Trinajstić information content (AvgIpc) is 2.39. The quantitative estimate of drug-likeness (QED) is 0.592. The summed E-state index contributed by atoms with van der Waals surface area (Å²) in [7, 11) is 0. The SMILES string of the molecule is Cc1c([N+]#N)cccc1C(=O)c1ccc(F)cc1. The van der Waals surface area contributed by atoms with Crippen LogP contribution >= 0.6 is 0 Å². The maximum Gasteiger partial charge on any atom is 0.388 e. The van der Waals surface area contributed by atoms with Crippen LogP contribution in [0.4, 0.5) is 10.1 Å². The minimum atomic E-state index is -0.387. The van der Waals surface area contributed by atoms with Crippen molar-refractivity contribution in [3.8, 4) is 0 Å². The Balaban J connectivity index is 2.47. The molecule has 0 spiro atoms. The van der Waals surface area contributed by atoms with Crippen molar-refractivity contribution in [3.05, 3.63) is 69.9 Å². The first-order valence-electron chi connectivity index (χ1n) is 5.38. The van der Waals surface area contributed by atoms with Crippen LogP contribution in [0.15, 0.2) is 42.5 Å². The molecule has 0 saturated carbocycles. The smallest absolute Gasteiger partial charge is 0.289 e. The number of nitrogens with zero attached hydrogens (tertiary/aromatic N) is 2. The highest BCUT2D eigenvalue weighted by molar-refractivity contribution is 6.10. The first kappa shape index (κ1) is 11.9. The normalized spacial score (nSPS) is 9.83. The number of benzene rings is 2. The summed E-state index contributed by atoms with van der Waals surface area (Å²) in [5.41, 5.74) is 1.78. The number of carbonyl (C=O) groups is 1. The van der Waals surface area contributed by atoms with E-state index >= 15 is 0 Å². The zero-order valence-corrected chi connectivity index (χ0v) is 9.72. The molecule has 2 aromatic carbocycles. The highest BCUT2D eigenvalue weighted by Crippen LogP contribution is 2.23. The number of diazo groups is 1. The van der Waals surface area contributed by atoms with Crippen LogP contribution in [0.25, 0.3) is 4.98 Å². The molecule has 0 unspecified atom stereocenters. The fourth-order valence-corrected chi connectivity index (χ4v) is 1.73. The lowest BCUT2D eigenvalue weighted by atomic mass is 9.98. The summed E-state index contributed by atoms with van der Waals surface area (Å²) in [6.45, 7) is 1.70. The zero-order chi connectivity index (χ0) is 13.1. The van der Waals surface area contributed by atoms with E-state index in [1.165, 1.54) is 24.3 Å². The van der Waals surface area contributed by atoms with E-state index in [1.807, 2.05) is 0 Å². The topological polar surface area (TPSA) is 45.2 Å². The number of hydrogen-bond donors (Lipinski definition) is 0. The summed E-state index contributed by atoms with van der Waals surface area (Å²) in [5, 5.41) is 8.80. The molecule has 2 rings (SSSR count). The fourth-order valence-electron chi connectivity index (χ4n) is 1.73. The van der Waals surface area contributed by atoms with Gasteiger partial charge in [-0.05, 0) is 31.2 Å². The first-order chi connectivity index (χ1) is 8.63. The van der Waals surface area contributed by atoms with E-state index in [1.54, 1.807) is 25.1 Å². The number of hydrogen-bond acceptors (Lipinski definition) is 2. The summed E-state index contributed by atoms with van der Waals surface area (Å²) in [4.78, 5) is 15.3. The van der Waals surface area contributed by atoms with Crippen molar-refractivity contribution in [1.29, 1.82) is 5.39 Å². The van der Waals surface area contributed by atoms with Crippen molar-refractivity contribution in [2.75, 3.05) is 0 Å². The standard InChI is InChI=1S/C14H10FN2O/c1-9-12(3-2-4-13(9)17-16)14(18)10-5-7-11(15)8-6-10/h2-8H,1H3/q+1. The van der Waals surface area contributed by atoms with Gasteiger partial charge in [0.25, 0.3) is 0 Å². The molecule has 2 aromatic rings. The monoisotopic (exact) mass is 241 g/mol. The van der Waals surface area contributed by atoms with Gasteiger partial charge in [-0.25, -0.2) is 4.39 Å². The Morgan fingerprint density at radius 1 is 1.17 bits per heavy atom. The van der Waals surface area contributed by atoms with Crippen molar-refractivity contribution >= 4 is 11.5 Å². The molecule has 3 nitrogen and oxygen atoms in total. The third-order valence-corrected chi connectivity index (χ3v) is 2.76. The van der Waals surface area contributed by atoms with Gasteiger partial charge in [-0.1, -0.05) is 12.1 Å². The number of rotatable bonds is 2. The highest BCUT2D eigenvalue weighted by Gasteiger charge is 2.19. The van der Waals surface area contributed by atoms with E-state index < -0.39 is 0 Å². The second-order valence-corrected chi connectivity index (χ2v) is 3.89. The Morgan fingerprint density at radius 2 is 1.83 bits per heavy atom. The minimum Gasteiger partial charge on any atom is -0.289 e. The summed E-state index contributed by atoms with van der Waals surface area (Å²) in [6, 6.07) is 10.2. The molecule has 0 amide bonds. The third-order valence-electron chi connectivity index (χ3n) is 2.76. The van der Waals surface area contributed by atoms with Crippen molar-refractivity contribution in [1.82, 2.24) is 0 Å². The lowest BCUT2D eigenvalue weighted by Crippen LogP contribution is -2.03. The second kappa shape index (κ2) is 4.76. The fraction of sp³-hybridized carbons (Fsp3) is 0.0714. The molecule has 0 aliphatic heterocycles. The van der Waals surface area contributed by atoms with E-state index in [0.717, 1.165) is 0 Å². The molecule has 0 radical (unpaired) electrons. The maximum absolute atomic E-state index is 12.8. The average molecular weight is 241 g/mol. The Hall–Kier alpha value is -2.54. The molecule has 0 aliphatic rings.